The van der Waals surface area contributed by atoms with Gasteiger partial charge in [0.15, 0.2) is 0 Å². The first-order chi connectivity index (χ1) is 10.1. The Bertz CT molecular complexity index is 572. The van der Waals surface area contributed by atoms with Crippen LogP contribution in [-0.2, 0) is 4.79 Å². The second-order valence-electron chi connectivity index (χ2n) is 5.13. The number of carbonyl (C=O) groups is 1. The molecular weight excluding hydrogens is 284 g/mol. The molecule has 0 radical (unpaired) electrons. The van der Waals surface area contributed by atoms with E-state index in [4.69, 9.17) is 5.26 Å². The lowest BCUT2D eigenvalue weighted by molar-refractivity contribution is -0.117. The number of nitrogens with zero attached hydrogens (tertiary/aromatic N) is 1. The van der Waals surface area contributed by atoms with E-state index in [0.29, 0.717) is 18.4 Å². The molecule has 2 N–H and O–H groups in total. The Hall–Kier alpha value is -1.77. The molecule has 5 heteroatoms. The van der Waals surface area contributed by atoms with Crippen LogP contribution < -0.4 is 5.32 Å². The van der Waals surface area contributed by atoms with Crippen LogP contribution in [0, 0.1) is 11.3 Å². The fourth-order valence-corrected chi connectivity index (χ4v) is 3.38. The number of carbonyl (C=O) groups excluding carboxylic acids is 1. The van der Waals surface area contributed by atoms with Gasteiger partial charge in [-0.1, -0.05) is 12.1 Å². The summed E-state index contributed by atoms with van der Waals surface area (Å²) in [6, 6.07) is 9.10. The number of rotatable bonds is 4. The van der Waals surface area contributed by atoms with Gasteiger partial charge in [0.05, 0.1) is 17.2 Å². The lowest BCUT2D eigenvalue weighted by Crippen LogP contribution is -2.44. The van der Waals surface area contributed by atoms with E-state index in [2.05, 4.69) is 11.4 Å². The predicted octanol–water partition coefficient (Wildman–Crippen LogP) is 1.95. The Balaban J connectivity index is 1.86. The van der Waals surface area contributed by atoms with Gasteiger partial charge in [0, 0.05) is 12.6 Å². The summed E-state index contributed by atoms with van der Waals surface area (Å²) < 4.78 is 0. The van der Waals surface area contributed by atoms with Crippen LogP contribution in [0.2, 0.25) is 0 Å². The molecule has 0 bridgehead atoms. The number of aliphatic hydroxyl groups is 1. The zero-order chi connectivity index (χ0) is 15.1. The molecule has 1 heterocycles. The molecule has 0 atom stereocenters. The maximum Gasteiger partial charge on any atom is 0.244 e. The molecule has 1 saturated heterocycles. The van der Waals surface area contributed by atoms with Crippen molar-refractivity contribution in [1.82, 2.24) is 5.32 Å². The van der Waals surface area contributed by atoms with Crippen molar-refractivity contribution in [2.75, 3.05) is 18.1 Å². The highest BCUT2D eigenvalue weighted by Gasteiger charge is 2.29. The number of nitrogens with one attached hydrogen (secondary N) is 1. The monoisotopic (exact) mass is 302 g/mol. The second-order valence-corrected chi connectivity index (χ2v) is 6.35. The Labute approximate surface area is 128 Å². The molecule has 1 aliphatic rings. The largest absolute Gasteiger partial charge is 0.388 e. The molecule has 0 aromatic heterocycles. The first kappa shape index (κ1) is 15.6. The molecule has 1 aliphatic heterocycles. The normalized spacial score (nSPS) is 17.3. The average molecular weight is 302 g/mol. The summed E-state index contributed by atoms with van der Waals surface area (Å²) >= 11 is 1.83. The summed E-state index contributed by atoms with van der Waals surface area (Å²) in [6.45, 7) is 0.287. The molecule has 0 unspecified atom stereocenters. The summed E-state index contributed by atoms with van der Waals surface area (Å²) in [5, 5.41) is 21.8. The fourth-order valence-electron chi connectivity index (χ4n) is 2.12. The third-order valence-electron chi connectivity index (χ3n) is 3.46. The van der Waals surface area contributed by atoms with E-state index in [1.807, 2.05) is 17.8 Å². The van der Waals surface area contributed by atoms with Crippen molar-refractivity contribution < 1.29 is 9.90 Å². The Kier molecular flexibility index (Phi) is 5.43. The summed E-state index contributed by atoms with van der Waals surface area (Å²) in [5.41, 5.74) is 0.596. The van der Waals surface area contributed by atoms with E-state index in [1.54, 1.807) is 24.3 Å². The topological polar surface area (TPSA) is 73.1 Å². The molecule has 4 nitrogen and oxygen atoms in total. The highest BCUT2D eigenvalue weighted by Crippen LogP contribution is 2.26. The Morgan fingerprint density at radius 3 is 2.95 bits per heavy atom. The van der Waals surface area contributed by atoms with Crippen LogP contribution in [0.1, 0.15) is 24.0 Å². The third kappa shape index (κ3) is 4.92. The standard InChI is InChI=1S/C16H18N2O2S/c17-11-14-3-1-2-13(10-14)4-5-15(19)18-12-16(20)6-8-21-9-7-16/h1-5,10,20H,6-9,12H2,(H,18,19). The lowest BCUT2D eigenvalue weighted by Gasteiger charge is -2.31. The number of benzene rings is 1. The molecule has 1 fully saturated rings. The van der Waals surface area contributed by atoms with E-state index in [1.165, 1.54) is 6.08 Å². The van der Waals surface area contributed by atoms with Gasteiger partial charge in [0.1, 0.15) is 0 Å². The molecule has 0 saturated carbocycles. The summed E-state index contributed by atoms with van der Waals surface area (Å²) in [5.74, 6) is 1.63. The number of hydrogen-bond donors (Lipinski definition) is 2. The maximum atomic E-state index is 11.8. The van der Waals surface area contributed by atoms with Gasteiger partial charge in [-0.15, -0.1) is 0 Å². The molecular formula is C16H18N2O2S. The van der Waals surface area contributed by atoms with E-state index in [0.717, 1.165) is 17.1 Å². The van der Waals surface area contributed by atoms with Gasteiger partial charge in [0.2, 0.25) is 5.91 Å². The van der Waals surface area contributed by atoms with Crippen molar-refractivity contribution >= 4 is 23.7 Å². The second kappa shape index (κ2) is 7.30. The van der Waals surface area contributed by atoms with E-state index < -0.39 is 5.60 Å². The summed E-state index contributed by atoms with van der Waals surface area (Å²) in [4.78, 5) is 11.8. The molecule has 0 spiro atoms. The molecule has 110 valence electrons. The van der Waals surface area contributed by atoms with Gasteiger partial charge in [-0.2, -0.15) is 17.0 Å². The molecule has 2 rings (SSSR count). The molecule has 1 amide bonds. The number of amides is 1. The molecule has 1 aromatic rings. The molecule has 1 aromatic carbocycles. The fraction of sp³-hybridized carbons (Fsp3) is 0.375. The van der Waals surface area contributed by atoms with E-state index in [-0.39, 0.29) is 12.5 Å². The first-order valence-corrected chi connectivity index (χ1v) is 8.03. The van der Waals surface area contributed by atoms with Crippen LogP contribution in [0.4, 0.5) is 0 Å². The third-order valence-corrected chi connectivity index (χ3v) is 4.44. The van der Waals surface area contributed by atoms with Crippen LogP contribution in [0.25, 0.3) is 6.08 Å². The van der Waals surface area contributed by atoms with Crippen molar-refractivity contribution in [3.63, 3.8) is 0 Å². The van der Waals surface area contributed by atoms with Crippen LogP contribution in [-0.4, -0.2) is 34.7 Å². The minimum Gasteiger partial charge on any atom is -0.388 e. The maximum absolute atomic E-state index is 11.8. The van der Waals surface area contributed by atoms with Crippen molar-refractivity contribution in [3.05, 3.63) is 41.5 Å². The zero-order valence-electron chi connectivity index (χ0n) is 11.7. The minimum absolute atomic E-state index is 0.232. The Morgan fingerprint density at radius 2 is 2.24 bits per heavy atom. The van der Waals surface area contributed by atoms with Crippen molar-refractivity contribution in [1.29, 1.82) is 5.26 Å². The number of nitriles is 1. The minimum atomic E-state index is -0.768. The van der Waals surface area contributed by atoms with Gasteiger partial charge < -0.3 is 10.4 Å². The van der Waals surface area contributed by atoms with Crippen molar-refractivity contribution in [2.45, 2.75) is 18.4 Å². The van der Waals surface area contributed by atoms with Crippen LogP contribution in [0.3, 0.4) is 0 Å². The highest BCUT2D eigenvalue weighted by atomic mass is 32.2. The van der Waals surface area contributed by atoms with Crippen LogP contribution in [0.15, 0.2) is 30.3 Å². The van der Waals surface area contributed by atoms with E-state index in [9.17, 15) is 9.90 Å². The quantitative estimate of drug-likeness (QED) is 0.834. The zero-order valence-corrected chi connectivity index (χ0v) is 12.5. The predicted molar refractivity (Wildman–Crippen MR) is 84.7 cm³/mol. The molecule has 21 heavy (non-hydrogen) atoms. The number of hydrogen-bond acceptors (Lipinski definition) is 4. The van der Waals surface area contributed by atoms with E-state index >= 15 is 0 Å². The van der Waals surface area contributed by atoms with Gasteiger partial charge in [-0.3, -0.25) is 4.79 Å². The van der Waals surface area contributed by atoms with Gasteiger partial charge in [0.25, 0.3) is 0 Å². The first-order valence-electron chi connectivity index (χ1n) is 6.87. The lowest BCUT2D eigenvalue weighted by atomic mass is 9.97. The van der Waals surface area contributed by atoms with Gasteiger partial charge in [-0.25, -0.2) is 0 Å². The average Bonchev–Trinajstić information content (AvgIpc) is 2.52. The van der Waals surface area contributed by atoms with Crippen molar-refractivity contribution in [2.24, 2.45) is 0 Å². The Morgan fingerprint density at radius 1 is 1.48 bits per heavy atom. The van der Waals surface area contributed by atoms with Crippen LogP contribution >= 0.6 is 11.8 Å². The summed E-state index contributed by atoms with van der Waals surface area (Å²) in [7, 11) is 0. The molecule has 0 aliphatic carbocycles. The number of thioether (sulfide) groups is 1. The van der Waals surface area contributed by atoms with Crippen LogP contribution in [0.5, 0.6) is 0 Å². The summed E-state index contributed by atoms with van der Waals surface area (Å²) in [6.07, 6.45) is 4.52. The highest BCUT2D eigenvalue weighted by molar-refractivity contribution is 7.99. The van der Waals surface area contributed by atoms with Gasteiger partial charge >= 0.3 is 0 Å². The SMILES string of the molecule is N#Cc1cccc(C=CC(=O)NCC2(O)CCSCC2)c1. The van der Waals surface area contributed by atoms with Crippen molar-refractivity contribution in [3.8, 4) is 6.07 Å². The smallest absolute Gasteiger partial charge is 0.244 e. The van der Waals surface area contributed by atoms with Gasteiger partial charge in [-0.05, 0) is 48.1 Å².